The van der Waals surface area contributed by atoms with E-state index in [2.05, 4.69) is 0 Å². The SMILES string of the molecule is CC(C(=O)O)c1cccc(C(=O)c2ccccc2)c1.COc1cc(OC)c(P(c2c(OC)cc(OC)cc2OC)c2c(OC)cc(OC)cc2OC)c(OC)c1. The van der Waals surface area contributed by atoms with E-state index in [1.54, 1.807) is 156 Å². The highest BCUT2D eigenvalue weighted by Crippen LogP contribution is 2.51. The van der Waals surface area contributed by atoms with Crippen molar-refractivity contribution in [3.05, 3.63) is 108 Å². The fourth-order valence-electron chi connectivity index (χ4n) is 5.81. The topological polar surface area (TPSA) is 137 Å². The van der Waals surface area contributed by atoms with Crippen molar-refractivity contribution in [2.24, 2.45) is 0 Å². The lowest BCUT2D eigenvalue weighted by molar-refractivity contribution is -0.138. The highest BCUT2D eigenvalue weighted by molar-refractivity contribution is 7.81. The maximum Gasteiger partial charge on any atom is 0.310 e. The van der Waals surface area contributed by atoms with E-state index in [0.29, 0.717) is 68.4 Å². The molecule has 0 bridgehead atoms. The largest absolute Gasteiger partial charge is 0.496 e. The van der Waals surface area contributed by atoms with Gasteiger partial charge in [0.05, 0.1) is 85.8 Å². The minimum Gasteiger partial charge on any atom is -0.496 e. The molecule has 0 aliphatic carbocycles. The molecule has 1 N–H and O–H groups in total. The van der Waals surface area contributed by atoms with E-state index in [1.165, 1.54) is 0 Å². The lowest BCUT2D eigenvalue weighted by Crippen LogP contribution is -2.27. The summed E-state index contributed by atoms with van der Waals surface area (Å²) in [6.07, 6.45) is 0. The van der Waals surface area contributed by atoms with Crippen LogP contribution in [0.25, 0.3) is 0 Å². The maximum absolute atomic E-state index is 12.2. The van der Waals surface area contributed by atoms with Gasteiger partial charge in [0, 0.05) is 55.4 Å². The Morgan fingerprint density at radius 2 is 0.804 bits per heavy atom. The predicted molar refractivity (Wildman–Crippen MR) is 216 cm³/mol. The van der Waals surface area contributed by atoms with Gasteiger partial charge in [0.1, 0.15) is 51.7 Å². The number of ketones is 1. The molecule has 1 atom stereocenters. The van der Waals surface area contributed by atoms with Crippen LogP contribution in [0.1, 0.15) is 34.3 Å². The zero-order valence-corrected chi connectivity index (χ0v) is 34.0. The van der Waals surface area contributed by atoms with Gasteiger partial charge in [-0.05, 0) is 18.6 Å². The molecule has 0 saturated heterocycles. The molecule has 0 fully saturated rings. The molecule has 56 heavy (non-hydrogen) atoms. The van der Waals surface area contributed by atoms with Crippen LogP contribution in [0.5, 0.6) is 51.7 Å². The minimum atomic E-state index is -1.57. The zero-order chi connectivity index (χ0) is 40.9. The third kappa shape index (κ3) is 9.38. The summed E-state index contributed by atoms with van der Waals surface area (Å²) < 4.78 is 51.8. The number of aliphatic carboxylic acids is 1. The molecule has 0 amide bonds. The summed E-state index contributed by atoms with van der Waals surface area (Å²) in [6, 6.07) is 26.6. The third-order valence-corrected chi connectivity index (χ3v) is 11.5. The number of rotatable bonds is 16. The van der Waals surface area contributed by atoms with E-state index in [4.69, 9.17) is 47.7 Å². The number of carboxylic acids is 1. The summed E-state index contributed by atoms with van der Waals surface area (Å²) >= 11 is 0. The van der Waals surface area contributed by atoms with Crippen LogP contribution in [0.3, 0.4) is 0 Å². The highest BCUT2D eigenvalue weighted by atomic mass is 31.1. The number of carbonyl (C=O) groups is 2. The minimum absolute atomic E-state index is 0.0972. The van der Waals surface area contributed by atoms with Crippen LogP contribution in [0, 0.1) is 0 Å². The summed E-state index contributed by atoms with van der Waals surface area (Å²) in [5, 5.41) is 11.2. The molecular weight excluding hydrogens is 739 g/mol. The average molecular weight is 787 g/mol. The Kier molecular flexibility index (Phi) is 15.2. The first-order valence-electron chi connectivity index (χ1n) is 17.2. The first-order chi connectivity index (χ1) is 27.0. The van der Waals surface area contributed by atoms with Gasteiger partial charge in [0.15, 0.2) is 5.78 Å². The molecule has 0 radical (unpaired) electrons. The van der Waals surface area contributed by atoms with Crippen LogP contribution in [0.2, 0.25) is 0 Å². The fraction of sp³-hybridized carbons (Fsp3) is 0.256. The lowest BCUT2D eigenvalue weighted by Gasteiger charge is -2.29. The predicted octanol–water partition coefficient (Wildman–Crippen LogP) is 6.63. The fourth-order valence-corrected chi connectivity index (χ4v) is 8.73. The van der Waals surface area contributed by atoms with E-state index >= 15 is 0 Å². The van der Waals surface area contributed by atoms with Crippen molar-refractivity contribution in [3.63, 3.8) is 0 Å². The monoisotopic (exact) mass is 786 g/mol. The van der Waals surface area contributed by atoms with Gasteiger partial charge in [0.25, 0.3) is 0 Å². The Morgan fingerprint density at radius 3 is 1.11 bits per heavy atom. The molecule has 5 rings (SSSR count). The van der Waals surface area contributed by atoms with Gasteiger partial charge in [-0.1, -0.05) is 48.5 Å². The second kappa shape index (κ2) is 20.0. The van der Waals surface area contributed by atoms with Crippen molar-refractivity contribution in [1.29, 1.82) is 0 Å². The summed E-state index contributed by atoms with van der Waals surface area (Å²) in [5.41, 5.74) is 1.74. The molecule has 0 aliphatic rings. The first kappa shape index (κ1) is 42.6. The molecule has 0 aromatic heterocycles. The second-order valence-corrected chi connectivity index (χ2v) is 13.9. The maximum atomic E-state index is 12.2. The molecule has 5 aromatic carbocycles. The molecule has 13 heteroatoms. The molecule has 0 aliphatic heterocycles. The van der Waals surface area contributed by atoms with Crippen molar-refractivity contribution in [2.45, 2.75) is 12.8 Å². The quantitative estimate of drug-likeness (QED) is 0.0850. The van der Waals surface area contributed by atoms with Crippen molar-refractivity contribution in [1.82, 2.24) is 0 Å². The van der Waals surface area contributed by atoms with Crippen molar-refractivity contribution in [2.75, 3.05) is 64.0 Å². The Hall–Kier alpha value is -6.13. The molecule has 12 nitrogen and oxygen atoms in total. The smallest absolute Gasteiger partial charge is 0.310 e. The number of ether oxygens (including phenoxy) is 9. The van der Waals surface area contributed by atoms with E-state index in [0.717, 1.165) is 15.9 Å². The van der Waals surface area contributed by atoms with Crippen LogP contribution < -0.4 is 58.5 Å². The van der Waals surface area contributed by atoms with Gasteiger partial charge >= 0.3 is 5.97 Å². The van der Waals surface area contributed by atoms with Gasteiger partial charge in [-0.25, -0.2) is 0 Å². The van der Waals surface area contributed by atoms with Crippen LogP contribution in [0.4, 0.5) is 0 Å². The molecule has 1 unspecified atom stereocenters. The number of hydrogen-bond donors (Lipinski definition) is 1. The van der Waals surface area contributed by atoms with Crippen LogP contribution in [-0.4, -0.2) is 80.8 Å². The van der Waals surface area contributed by atoms with E-state index in [1.807, 2.05) is 6.07 Å². The van der Waals surface area contributed by atoms with Gasteiger partial charge in [-0.3, -0.25) is 9.59 Å². The summed E-state index contributed by atoms with van der Waals surface area (Å²) in [6.45, 7) is 1.61. The molecule has 0 saturated carbocycles. The van der Waals surface area contributed by atoms with Gasteiger partial charge in [0.2, 0.25) is 0 Å². The molecule has 0 spiro atoms. The van der Waals surface area contributed by atoms with Crippen molar-refractivity contribution in [3.8, 4) is 51.7 Å². The lowest BCUT2D eigenvalue weighted by atomic mass is 9.96. The number of benzene rings is 5. The van der Waals surface area contributed by atoms with Crippen molar-refractivity contribution < 1.29 is 57.3 Å². The highest BCUT2D eigenvalue weighted by Gasteiger charge is 2.36. The standard InChI is InChI=1S/C27H33O9P.C16H14O3/c1-28-16-10-19(31-4)25(20(11-16)32-5)37(26-21(33-6)12-17(29-2)13-22(26)34-7)27-23(35-8)14-18(30-3)15-24(27)36-9;1-11(16(18)19)13-8-5-9-14(10-13)15(17)12-6-3-2-4-7-12/h10-15H,1-9H3;2-11H,1H3,(H,18,19). The Labute approximate surface area is 328 Å². The number of carbonyl (C=O) groups excluding carboxylic acids is 1. The molecule has 0 heterocycles. The first-order valence-corrected chi connectivity index (χ1v) is 18.5. The van der Waals surface area contributed by atoms with Crippen LogP contribution in [0.15, 0.2) is 91.0 Å². The van der Waals surface area contributed by atoms with E-state index in [9.17, 15) is 9.59 Å². The summed E-state index contributed by atoms with van der Waals surface area (Å²) in [4.78, 5) is 23.2. The Bertz CT molecular complexity index is 1890. The Morgan fingerprint density at radius 1 is 0.464 bits per heavy atom. The Balaban J connectivity index is 0.000000306. The van der Waals surface area contributed by atoms with Crippen molar-refractivity contribution >= 4 is 35.6 Å². The number of hydrogen-bond acceptors (Lipinski definition) is 11. The molecule has 296 valence electrons. The average Bonchev–Trinajstić information content (AvgIpc) is 3.25. The molecular formula is C43H47O12P. The third-order valence-electron chi connectivity index (χ3n) is 8.79. The number of methoxy groups -OCH3 is 9. The van der Waals surface area contributed by atoms with Gasteiger partial charge in [-0.2, -0.15) is 0 Å². The van der Waals surface area contributed by atoms with E-state index < -0.39 is 19.8 Å². The van der Waals surface area contributed by atoms with Crippen LogP contribution >= 0.6 is 7.92 Å². The second-order valence-electron chi connectivity index (χ2n) is 11.9. The molecule has 5 aromatic rings. The summed E-state index contributed by atoms with van der Waals surface area (Å²) in [7, 11) is 12.7. The van der Waals surface area contributed by atoms with E-state index in [-0.39, 0.29) is 5.78 Å². The normalized spacial score (nSPS) is 11.0. The van der Waals surface area contributed by atoms with Gasteiger partial charge < -0.3 is 47.7 Å². The van der Waals surface area contributed by atoms with Gasteiger partial charge in [-0.15, -0.1) is 0 Å². The number of carboxylic acid groups (broad SMARTS) is 1. The zero-order valence-electron chi connectivity index (χ0n) is 33.1. The summed E-state index contributed by atoms with van der Waals surface area (Å²) in [5.74, 6) is 3.38. The van der Waals surface area contributed by atoms with Crippen LogP contribution in [-0.2, 0) is 4.79 Å².